The van der Waals surface area contributed by atoms with Crippen LogP contribution in [0.15, 0.2) is 30.3 Å². The van der Waals surface area contributed by atoms with Crippen LogP contribution in [0, 0.1) is 0 Å². The Labute approximate surface area is 110 Å². The molecule has 0 amide bonds. The first kappa shape index (κ1) is 13.2. The summed E-state index contributed by atoms with van der Waals surface area (Å²) in [4.78, 5) is 11.2. The predicted molar refractivity (Wildman–Crippen MR) is 69.0 cm³/mol. The molecule has 1 atom stereocenters. The molecule has 0 saturated carbocycles. The average molecular weight is 261 g/mol. The van der Waals surface area contributed by atoms with E-state index in [0.717, 1.165) is 5.56 Å². The molecule has 1 heterocycles. The van der Waals surface area contributed by atoms with Crippen LogP contribution in [-0.4, -0.2) is 39.8 Å². The summed E-state index contributed by atoms with van der Waals surface area (Å²) in [6.07, 6.45) is 0. The maximum atomic E-state index is 11.2. The molecular formula is C13H15N3O3. The Morgan fingerprint density at radius 1 is 1.42 bits per heavy atom. The number of methoxy groups -OCH3 is 1. The van der Waals surface area contributed by atoms with E-state index >= 15 is 0 Å². The van der Waals surface area contributed by atoms with Crippen LogP contribution >= 0.6 is 0 Å². The van der Waals surface area contributed by atoms with Crippen LogP contribution in [0.1, 0.15) is 23.5 Å². The molecule has 1 N–H and O–H groups in total. The zero-order valence-corrected chi connectivity index (χ0v) is 10.8. The molecule has 1 aromatic carbocycles. The highest BCUT2D eigenvalue weighted by Crippen LogP contribution is 2.25. The number of rotatable bonds is 5. The van der Waals surface area contributed by atoms with Gasteiger partial charge in [-0.05, 0) is 6.92 Å². The highest BCUT2D eigenvalue weighted by atomic mass is 16.5. The Morgan fingerprint density at radius 3 is 2.68 bits per heavy atom. The number of hydrogen-bond acceptors (Lipinski definition) is 4. The predicted octanol–water partition coefficient (Wildman–Crippen LogP) is 1.85. The Balaban J connectivity index is 2.54. The van der Waals surface area contributed by atoms with Crippen molar-refractivity contribution in [2.45, 2.75) is 13.0 Å². The molecule has 0 aliphatic heterocycles. The first-order valence-electron chi connectivity index (χ1n) is 5.88. The Kier molecular flexibility index (Phi) is 3.91. The van der Waals surface area contributed by atoms with Crippen molar-refractivity contribution in [3.8, 4) is 11.3 Å². The third-order valence-corrected chi connectivity index (χ3v) is 2.77. The number of nitrogens with zero attached hydrogens (tertiary/aromatic N) is 3. The highest BCUT2D eigenvalue weighted by Gasteiger charge is 2.22. The molecule has 0 radical (unpaired) electrons. The molecule has 2 aromatic rings. The van der Waals surface area contributed by atoms with Crippen LogP contribution in [0.4, 0.5) is 0 Å². The van der Waals surface area contributed by atoms with Gasteiger partial charge in [0.05, 0.1) is 12.6 Å². The number of carboxylic acid groups (broad SMARTS) is 1. The molecule has 100 valence electrons. The van der Waals surface area contributed by atoms with Crippen LogP contribution in [0.5, 0.6) is 0 Å². The molecule has 0 fully saturated rings. The summed E-state index contributed by atoms with van der Waals surface area (Å²) in [7, 11) is 1.59. The Bertz CT molecular complexity index is 566. The normalized spacial score (nSPS) is 12.3. The summed E-state index contributed by atoms with van der Waals surface area (Å²) in [5, 5.41) is 16.9. The van der Waals surface area contributed by atoms with Gasteiger partial charge in [-0.1, -0.05) is 35.5 Å². The van der Waals surface area contributed by atoms with Crippen LogP contribution < -0.4 is 0 Å². The molecular weight excluding hydrogens is 246 g/mol. The van der Waals surface area contributed by atoms with Crippen molar-refractivity contribution < 1.29 is 14.6 Å². The Hall–Kier alpha value is -2.21. The highest BCUT2D eigenvalue weighted by molar-refractivity contribution is 5.92. The van der Waals surface area contributed by atoms with Gasteiger partial charge >= 0.3 is 5.97 Å². The number of carboxylic acids is 1. The summed E-state index contributed by atoms with van der Waals surface area (Å²) in [5.41, 5.74) is 1.22. The molecule has 6 heteroatoms. The van der Waals surface area contributed by atoms with E-state index in [-0.39, 0.29) is 11.7 Å². The molecule has 1 unspecified atom stereocenters. The van der Waals surface area contributed by atoms with Gasteiger partial charge < -0.3 is 9.84 Å². The van der Waals surface area contributed by atoms with Gasteiger partial charge in [0.25, 0.3) is 0 Å². The Morgan fingerprint density at radius 2 is 2.11 bits per heavy atom. The van der Waals surface area contributed by atoms with Crippen LogP contribution in [0.2, 0.25) is 0 Å². The average Bonchev–Trinajstić information content (AvgIpc) is 2.85. The van der Waals surface area contributed by atoms with Gasteiger partial charge in [0, 0.05) is 12.7 Å². The molecule has 0 saturated heterocycles. The van der Waals surface area contributed by atoms with Crippen molar-refractivity contribution in [2.24, 2.45) is 0 Å². The van der Waals surface area contributed by atoms with Gasteiger partial charge in [0.1, 0.15) is 5.69 Å². The first-order chi connectivity index (χ1) is 9.15. The van der Waals surface area contributed by atoms with Crippen molar-refractivity contribution in [2.75, 3.05) is 13.7 Å². The smallest absolute Gasteiger partial charge is 0.358 e. The lowest BCUT2D eigenvalue weighted by Crippen LogP contribution is -2.14. The van der Waals surface area contributed by atoms with Crippen molar-refractivity contribution >= 4 is 5.97 Å². The molecule has 6 nitrogen and oxygen atoms in total. The quantitative estimate of drug-likeness (QED) is 0.888. The SMILES string of the molecule is COCC(C)n1nnc(C(=O)O)c1-c1ccccc1. The fraction of sp³-hybridized carbons (Fsp3) is 0.308. The summed E-state index contributed by atoms with van der Waals surface area (Å²) >= 11 is 0. The van der Waals surface area contributed by atoms with E-state index in [1.807, 2.05) is 37.3 Å². The number of benzene rings is 1. The summed E-state index contributed by atoms with van der Waals surface area (Å²) < 4.78 is 6.67. The molecule has 0 bridgehead atoms. The van der Waals surface area contributed by atoms with E-state index in [1.165, 1.54) is 0 Å². The number of ether oxygens (including phenoxy) is 1. The minimum atomic E-state index is -1.09. The van der Waals surface area contributed by atoms with Gasteiger partial charge in [-0.2, -0.15) is 0 Å². The summed E-state index contributed by atoms with van der Waals surface area (Å²) in [6.45, 7) is 2.33. The van der Waals surface area contributed by atoms with Gasteiger partial charge in [0.2, 0.25) is 0 Å². The zero-order chi connectivity index (χ0) is 13.8. The maximum absolute atomic E-state index is 11.2. The number of carbonyl (C=O) groups is 1. The molecule has 19 heavy (non-hydrogen) atoms. The molecule has 0 aliphatic carbocycles. The maximum Gasteiger partial charge on any atom is 0.358 e. The second-order valence-corrected chi connectivity index (χ2v) is 4.21. The third-order valence-electron chi connectivity index (χ3n) is 2.77. The van der Waals surface area contributed by atoms with Crippen LogP contribution in [0.25, 0.3) is 11.3 Å². The van der Waals surface area contributed by atoms with Crippen molar-refractivity contribution in [1.82, 2.24) is 15.0 Å². The van der Waals surface area contributed by atoms with E-state index in [0.29, 0.717) is 12.3 Å². The fourth-order valence-electron chi connectivity index (χ4n) is 1.92. The van der Waals surface area contributed by atoms with E-state index in [9.17, 15) is 9.90 Å². The van der Waals surface area contributed by atoms with Crippen molar-refractivity contribution in [1.29, 1.82) is 0 Å². The standard InChI is InChI=1S/C13H15N3O3/c1-9(8-19-2)16-12(10-6-4-3-5-7-10)11(13(17)18)14-15-16/h3-7,9H,8H2,1-2H3,(H,17,18). The molecule has 0 spiro atoms. The van der Waals surface area contributed by atoms with Crippen LogP contribution in [-0.2, 0) is 4.74 Å². The lowest BCUT2D eigenvalue weighted by molar-refractivity contribution is 0.0691. The zero-order valence-electron chi connectivity index (χ0n) is 10.8. The molecule has 1 aromatic heterocycles. The lowest BCUT2D eigenvalue weighted by Gasteiger charge is -2.14. The van der Waals surface area contributed by atoms with Gasteiger partial charge in [-0.25, -0.2) is 9.48 Å². The number of aromatic nitrogens is 3. The second-order valence-electron chi connectivity index (χ2n) is 4.21. The molecule has 2 rings (SSSR count). The molecule has 0 aliphatic rings. The van der Waals surface area contributed by atoms with Crippen molar-refractivity contribution in [3.63, 3.8) is 0 Å². The topological polar surface area (TPSA) is 77.2 Å². The van der Waals surface area contributed by atoms with Crippen molar-refractivity contribution in [3.05, 3.63) is 36.0 Å². The lowest BCUT2D eigenvalue weighted by atomic mass is 10.1. The fourth-order valence-corrected chi connectivity index (χ4v) is 1.92. The minimum Gasteiger partial charge on any atom is -0.476 e. The number of aromatic carboxylic acids is 1. The summed E-state index contributed by atoms with van der Waals surface area (Å²) in [5.74, 6) is -1.09. The van der Waals surface area contributed by atoms with Gasteiger partial charge in [-0.3, -0.25) is 0 Å². The van der Waals surface area contributed by atoms with Gasteiger partial charge in [-0.15, -0.1) is 5.10 Å². The summed E-state index contributed by atoms with van der Waals surface area (Å²) in [6, 6.07) is 9.14. The van der Waals surface area contributed by atoms with Gasteiger partial charge in [0.15, 0.2) is 5.69 Å². The van der Waals surface area contributed by atoms with E-state index in [2.05, 4.69) is 10.3 Å². The monoisotopic (exact) mass is 261 g/mol. The van der Waals surface area contributed by atoms with Crippen LogP contribution in [0.3, 0.4) is 0 Å². The van der Waals surface area contributed by atoms with E-state index in [4.69, 9.17) is 4.74 Å². The number of hydrogen-bond donors (Lipinski definition) is 1. The largest absolute Gasteiger partial charge is 0.476 e. The second kappa shape index (κ2) is 5.62. The minimum absolute atomic E-state index is 0.0471. The first-order valence-corrected chi connectivity index (χ1v) is 5.88. The third kappa shape index (κ3) is 2.63. The van der Waals surface area contributed by atoms with E-state index < -0.39 is 5.97 Å². The van der Waals surface area contributed by atoms with E-state index in [1.54, 1.807) is 11.8 Å².